The molecule has 0 saturated carbocycles. The average molecular weight is 456 g/mol. The van der Waals surface area contributed by atoms with Crippen molar-refractivity contribution in [2.75, 3.05) is 11.3 Å². The Morgan fingerprint density at radius 1 is 1.13 bits per heavy atom. The molecule has 1 unspecified atom stereocenters. The molecule has 1 aliphatic heterocycles. The number of anilines is 1. The number of rotatable bonds is 5. The highest BCUT2D eigenvalue weighted by molar-refractivity contribution is 7.93. The summed E-state index contributed by atoms with van der Waals surface area (Å²) >= 11 is 0. The van der Waals surface area contributed by atoms with E-state index in [2.05, 4.69) is 0 Å². The van der Waals surface area contributed by atoms with Crippen molar-refractivity contribution in [3.8, 4) is 0 Å². The highest BCUT2D eigenvalue weighted by atomic mass is 32.2. The van der Waals surface area contributed by atoms with Gasteiger partial charge in [-0.2, -0.15) is 21.6 Å². The van der Waals surface area contributed by atoms with Crippen LogP contribution in [0, 0.1) is 11.7 Å². The van der Waals surface area contributed by atoms with E-state index in [4.69, 9.17) is 0 Å². The van der Waals surface area contributed by atoms with E-state index in [1.54, 1.807) is 29.0 Å². The quantitative estimate of drug-likeness (QED) is 0.531. The topological polar surface area (TPSA) is 66.5 Å². The van der Waals surface area contributed by atoms with E-state index < -0.39 is 21.3 Å². The lowest BCUT2D eigenvalue weighted by Gasteiger charge is -2.33. The Balaban J connectivity index is 1.85. The first-order valence-corrected chi connectivity index (χ1v) is 10.9. The Morgan fingerprint density at radius 3 is 2.42 bits per heavy atom. The minimum Gasteiger partial charge on any atom is -0.334 e. The van der Waals surface area contributed by atoms with Gasteiger partial charge in [-0.1, -0.05) is 37.3 Å². The number of carbonyl (C=O) groups is 1. The largest absolute Gasteiger partial charge is 0.516 e. The second-order valence-corrected chi connectivity index (χ2v) is 8.95. The number of halogens is 4. The molecule has 2 aromatic rings. The number of carbonyl (C=O) groups excluding carboxylic acids is 1. The predicted octanol–water partition coefficient (Wildman–Crippen LogP) is 4.54. The number of hydrogen-bond donors (Lipinski definition) is 1. The summed E-state index contributed by atoms with van der Waals surface area (Å²) in [6.07, 6.45) is 2.28. The fourth-order valence-electron chi connectivity index (χ4n) is 3.26. The van der Waals surface area contributed by atoms with Gasteiger partial charge in [0.15, 0.2) is 0 Å². The monoisotopic (exact) mass is 456 g/mol. The molecule has 1 N–H and O–H groups in total. The second-order valence-electron chi connectivity index (χ2n) is 7.28. The molecule has 1 amide bonds. The number of likely N-dealkylation sites (tertiary alicyclic amines) is 1. The standard InChI is InChI=1S/C21H20F4N2O3S/c1-14-10-11-27(20(28)18(14)12-15-6-8-17(22)9-7-15)13-16-4-2-3-5-19(16)26-31(29,30)21(23,24)25/h2-9,12,14,26H,10-11,13H2,1H3/b18-12+. The minimum absolute atomic E-state index is 0.0622. The number of piperidine rings is 1. The van der Waals surface area contributed by atoms with Crippen LogP contribution in [0.1, 0.15) is 24.5 Å². The maximum atomic E-state index is 13.1. The van der Waals surface area contributed by atoms with Gasteiger partial charge in [0.2, 0.25) is 5.91 Å². The van der Waals surface area contributed by atoms with Crippen LogP contribution in [0.3, 0.4) is 0 Å². The molecule has 1 saturated heterocycles. The zero-order chi connectivity index (χ0) is 22.8. The van der Waals surface area contributed by atoms with Crippen LogP contribution >= 0.6 is 0 Å². The number of para-hydroxylation sites is 1. The Morgan fingerprint density at radius 2 is 1.77 bits per heavy atom. The lowest BCUT2D eigenvalue weighted by Crippen LogP contribution is -2.39. The van der Waals surface area contributed by atoms with E-state index in [0.29, 0.717) is 24.1 Å². The van der Waals surface area contributed by atoms with E-state index in [-0.39, 0.29) is 29.6 Å². The lowest BCUT2D eigenvalue weighted by molar-refractivity contribution is -0.130. The van der Waals surface area contributed by atoms with Crippen LogP contribution in [-0.2, 0) is 21.4 Å². The van der Waals surface area contributed by atoms with Gasteiger partial charge in [-0.3, -0.25) is 9.52 Å². The number of amides is 1. The molecule has 1 heterocycles. The number of sulfonamides is 1. The molecule has 3 rings (SSSR count). The Bertz CT molecular complexity index is 1100. The molecule has 0 spiro atoms. The molecule has 166 valence electrons. The van der Waals surface area contributed by atoms with Gasteiger partial charge in [-0.25, -0.2) is 4.39 Å². The summed E-state index contributed by atoms with van der Waals surface area (Å²) in [7, 11) is -5.59. The van der Waals surface area contributed by atoms with Crippen molar-refractivity contribution in [3.63, 3.8) is 0 Å². The van der Waals surface area contributed by atoms with Crippen LogP contribution in [0.2, 0.25) is 0 Å². The van der Waals surface area contributed by atoms with Gasteiger partial charge in [-0.15, -0.1) is 0 Å². The molecule has 1 atom stereocenters. The number of nitrogens with zero attached hydrogens (tertiary/aromatic N) is 1. The molecule has 0 radical (unpaired) electrons. The third kappa shape index (κ3) is 5.25. The van der Waals surface area contributed by atoms with E-state index >= 15 is 0 Å². The van der Waals surface area contributed by atoms with E-state index in [9.17, 15) is 30.8 Å². The van der Waals surface area contributed by atoms with Gasteiger partial charge in [0.05, 0.1) is 5.69 Å². The predicted molar refractivity (Wildman–Crippen MR) is 109 cm³/mol. The molecule has 5 nitrogen and oxygen atoms in total. The molecule has 2 aromatic carbocycles. The van der Waals surface area contributed by atoms with Crippen molar-refractivity contribution >= 4 is 27.7 Å². The molecule has 1 fully saturated rings. The summed E-state index contributed by atoms with van der Waals surface area (Å²) in [5, 5.41) is 0. The van der Waals surface area contributed by atoms with E-state index in [1.807, 2.05) is 6.92 Å². The van der Waals surface area contributed by atoms with Crippen molar-refractivity contribution in [2.45, 2.75) is 25.4 Å². The normalized spacial score (nSPS) is 19.0. The summed E-state index contributed by atoms with van der Waals surface area (Å²) in [4.78, 5) is 14.5. The van der Waals surface area contributed by atoms with Crippen LogP contribution in [0.5, 0.6) is 0 Å². The molecule has 10 heteroatoms. The Labute approximate surface area is 177 Å². The zero-order valence-electron chi connectivity index (χ0n) is 16.5. The van der Waals surface area contributed by atoms with Gasteiger partial charge in [0.1, 0.15) is 5.82 Å². The molecule has 1 aliphatic rings. The van der Waals surface area contributed by atoms with Crippen LogP contribution in [0.4, 0.5) is 23.2 Å². The summed E-state index contributed by atoms with van der Waals surface area (Å²) < 4.78 is 75.9. The molecule has 0 aromatic heterocycles. The fraction of sp³-hybridized carbons (Fsp3) is 0.286. The first-order chi connectivity index (χ1) is 14.5. The third-order valence-electron chi connectivity index (χ3n) is 5.02. The number of hydrogen-bond acceptors (Lipinski definition) is 3. The minimum atomic E-state index is -5.59. The maximum absolute atomic E-state index is 13.1. The van der Waals surface area contributed by atoms with Crippen molar-refractivity contribution in [3.05, 3.63) is 71.0 Å². The lowest BCUT2D eigenvalue weighted by atomic mass is 9.90. The Hall–Kier alpha value is -2.88. The van der Waals surface area contributed by atoms with Gasteiger partial charge < -0.3 is 4.90 Å². The van der Waals surface area contributed by atoms with Crippen LogP contribution in [-0.4, -0.2) is 31.3 Å². The summed E-state index contributed by atoms with van der Waals surface area (Å²) in [5.41, 5.74) is -4.32. The van der Waals surface area contributed by atoms with Gasteiger partial charge >= 0.3 is 15.5 Å². The van der Waals surface area contributed by atoms with Crippen LogP contribution in [0.15, 0.2) is 54.1 Å². The highest BCUT2D eigenvalue weighted by Gasteiger charge is 2.46. The van der Waals surface area contributed by atoms with Crippen LogP contribution in [0.25, 0.3) is 6.08 Å². The number of alkyl halides is 3. The molecule has 0 aliphatic carbocycles. The average Bonchev–Trinajstić information content (AvgIpc) is 2.69. The van der Waals surface area contributed by atoms with E-state index in [1.165, 1.54) is 35.2 Å². The third-order valence-corrected chi connectivity index (χ3v) is 6.11. The van der Waals surface area contributed by atoms with E-state index in [0.717, 1.165) is 0 Å². The summed E-state index contributed by atoms with van der Waals surface area (Å²) in [6.45, 7) is 2.18. The second kappa shape index (κ2) is 8.70. The molecular formula is C21H20F4N2O3S. The highest BCUT2D eigenvalue weighted by Crippen LogP contribution is 2.30. The molecule has 31 heavy (non-hydrogen) atoms. The van der Waals surface area contributed by atoms with Crippen LogP contribution < -0.4 is 4.72 Å². The number of benzene rings is 2. The van der Waals surface area contributed by atoms with Gasteiger partial charge in [-0.05, 0) is 47.7 Å². The summed E-state index contributed by atoms with van der Waals surface area (Å²) in [6, 6.07) is 11.3. The SMILES string of the molecule is CC1CCN(Cc2ccccc2NS(=O)(=O)C(F)(F)F)C(=O)/C1=C/c1ccc(F)cc1. The smallest absolute Gasteiger partial charge is 0.334 e. The molecular weight excluding hydrogens is 436 g/mol. The summed E-state index contributed by atoms with van der Waals surface area (Å²) in [5.74, 6) is -0.769. The first kappa shape index (κ1) is 22.8. The van der Waals surface area contributed by atoms with Gasteiger partial charge in [0.25, 0.3) is 0 Å². The van der Waals surface area contributed by atoms with Crippen molar-refractivity contribution in [1.29, 1.82) is 0 Å². The Kier molecular flexibility index (Phi) is 6.40. The maximum Gasteiger partial charge on any atom is 0.516 e. The van der Waals surface area contributed by atoms with Crippen molar-refractivity contribution in [2.24, 2.45) is 5.92 Å². The zero-order valence-corrected chi connectivity index (χ0v) is 17.3. The molecule has 0 bridgehead atoms. The van der Waals surface area contributed by atoms with Gasteiger partial charge in [0, 0.05) is 18.7 Å². The number of nitrogens with one attached hydrogen (secondary N) is 1. The van der Waals surface area contributed by atoms with Crippen molar-refractivity contribution < 1.29 is 30.8 Å². The first-order valence-electron chi connectivity index (χ1n) is 9.41. The van der Waals surface area contributed by atoms with Crippen molar-refractivity contribution in [1.82, 2.24) is 4.90 Å². The fourth-order valence-corrected chi connectivity index (χ4v) is 3.86.